The lowest BCUT2D eigenvalue weighted by atomic mass is 10.3. The van der Waals surface area contributed by atoms with Gasteiger partial charge in [0.15, 0.2) is 0 Å². The topological polar surface area (TPSA) is 16.1 Å². The van der Waals surface area contributed by atoms with E-state index < -0.39 is 0 Å². The Kier molecular flexibility index (Phi) is 3.94. The first kappa shape index (κ1) is 9.39. The van der Waals surface area contributed by atoms with Crippen LogP contribution in [0.4, 0.5) is 5.69 Å². The minimum atomic E-state index is 0.935. The van der Waals surface area contributed by atoms with Gasteiger partial charge in [0.2, 0.25) is 0 Å². The van der Waals surface area contributed by atoms with Gasteiger partial charge < -0.3 is 4.90 Å². The molecule has 0 spiro atoms. The van der Waals surface area contributed by atoms with Crippen molar-refractivity contribution in [2.45, 2.75) is 6.42 Å². The van der Waals surface area contributed by atoms with Crippen molar-refractivity contribution >= 4 is 18.3 Å². The van der Waals surface area contributed by atoms with Crippen LogP contribution in [-0.2, 0) is 0 Å². The number of nitrogens with zero attached hydrogens (tertiary/aromatic N) is 2. The van der Waals surface area contributed by atoms with E-state index >= 15 is 0 Å². The number of hydrogen-bond donors (Lipinski definition) is 1. The molecule has 0 saturated heterocycles. The summed E-state index contributed by atoms with van der Waals surface area (Å²) >= 11 is 4.17. The maximum absolute atomic E-state index is 4.17. The van der Waals surface area contributed by atoms with Gasteiger partial charge in [-0.3, -0.25) is 4.98 Å². The maximum atomic E-state index is 4.17. The Labute approximate surface area is 79.0 Å². The lowest BCUT2D eigenvalue weighted by molar-refractivity contribution is 0.858. The zero-order valence-electron chi connectivity index (χ0n) is 7.27. The highest BCUT2D eigenvalue weighted by molar-refractivity contribution is 7.80. The Morgan fingerprint density at radius 3 is 3.00 bits per heavy atom. The monoisotopic (exact) mass is 182 g/mol. The minimum Gasteiger partial charge on any atom is -0.373 e. The molecule has 0 unspecified atom stereocenters. The van der Waals surface area contributed by atoms with E-state index in [-0.39, 0.29) is 0 Å². The van der Waals surface area contributed by atoms with E-state index in [1.165, 1.54) is 5.69 Å². The summed E-state index contributed by atoms with van der Waals surface area (Å²) < 4.78 is 0. The summed E-state index contributed by atoms with van der Waals surface area (Å²) in [5, 5.41) is 0. The zero-order chi connectivity index (χ0) is 8.81. The average molecular weight is 182 g/mol. The van der Waals surface area contributed by atoms with Crippen LogP contribution in [0.2, 0.25) is 0 Å². The Balaban J connectivity index is 2.48. The highest BCUT2D eigenvalue weighted by atomic mass is 32.1. The standard InChI is InChI=1S/C9H14N2S/c1-11(6-3-7-12)9-4-2-5-10-8-9/h2,4-5,8,12H,3,6-7H2,1H3. The Morgan fingerprint density at radius 2 is 2.42 bits per heavy atom. The van der Waals surface area contributed by atoms with Crippen LogP contribution in [0.3, 0.4) is 0 Å². The number of anilines is 1. The normalized spacial score (nSPS) is 9.83. The molecule has 12 heavy (non-hydrogen) atoms. The van der Waals surface area contributed by atoms with Crippen molar-refractivity contribution in [3.63, 3.8) is 0 Å². The van der Waals surface area contributed by atoms with E-state index in [1.807, 2.05) is 12.3 Å². The van der Waals surface area contributed by atoms with Gasteiger partial charge in [0.05, 0.1) is 11.9 Å². The Morgan fingerprint density at radius 1 is 1.58 bits per heavy atom. The molecule has 2 nitrogen and oxygen atoms in total. The van der Waals surface area contributed by atoms with E-state index in [2.05, 4.69) is 35.6 Å². The van der Waals surface area contributed by atoms with Crippen molar-refractivity contribution in [2.24, 2.45) is 0 Å². The first-order chi connectivity index (χ1) is 5.84. The summed E-state index contributed by atoms with van der Waals surface area (Å²) in [4.78, 5) is 6.24. The molecule has 0 aromatic carbocycles. The van der Waals surface area contributed by atoms with Crippen LogP contribution in [0.15, 0.2) is 24.5 Å². The van der Waals surface area contributed by atoms with Crippen molar-refractivity contribution in [2.75, 3.05) is 24.2 Å². The maximum Gasteiger partial charge on any atom is 0.0550 e. The van der Waals surface area contributed by atoms with Crippen molar-refractivity contribution in [1.29, 1.82) is 0 Å². The molecule has 1 rings (SSSR count). The van der Waals surface area contributed by atoms with E-state index in [1.54, 1.807) is 6.20 Å². The molecule has 0 atom stereocenters. The summed E-state index contributed by atoms with van der Waals surface area (Å²) in [5.74, 6) is 0.935. The molecule has 0 aliphatic rings. The molecule has 0 bridgehead atoms. The highest BCUT2D eigenvalue weighted by Crippen LogP contribution is 2.08. The molecule has 0 aliphatic heterocycles. The fourth-order valence-electron chi connectivity index (χ4n) is 1.02. The minimum absolute atomic E-state index is 0.935. The van der Waals surface area contributed by atoms with Crippen LogP contribution in [0.1, 0.15) is 6.42 Å². The van der Waals surface area contributed by atoms with Gasteiger partial charge in [0.1, 0.15) is 0 Å². The van der Waals surface area contributed by atoms with Crippen LogP contribution in [-0.4, -0.2) is 24.3 Å². The molecular weight excluding hydrogens is 168 g/mol. The second-order valence-corrected chi connectivity index (χ2v) is 3.16. The molecule has 0 amide bonds. The SMILES string of the molecule is CN(CCCS)c1cccnc1. The van der Waals surface area contributed by atoms with E-state index in [4.69, 9.17) is 0 Å². The Bertz CT molecular complexity index is 213. The molecule has 0 N–H and O–H groups in total. The number of aromatic nitrogens is 1. The molecule has 0 fully saturated rings. The van der Waals surface area contributed by atoms with Gasteiger partial charge in [-0.05, 0) is 24.3 Å². The predicted molar refractivity (Wildman–Crippen MR) is 56.0 cm³/mol. The number of pyridine rings is 1. The van der Waals surface area contributed by atoms with Gasteiger partial charge in [0, 0.05) is 19.8 Å². The van der Waals surface area contributed by atoms with E-state index in [9.17, 15) is 0 Å². The molecule has 3 heteroatoms. The third kappa shape index (κ3) is 2.74. The second kappa shape index (κ2) is 5.04. The Hall–Kier alpha value is -0.700. The third-order valence-electron chi connectivity index (χ3n) is 1.74. The first-order valence-electron chi connectivity index (χ1n) is 4.06. The van der Waals surface area contributed by atoms with Gasteiger partial charge in [0.25, 0.3) is 0 Å². The summed E-state index contributed by atoms with van der Waals surface area (Å²) in [6, 6.07) is 4.01. The lowest BCUT2D eigenvalue weighted by Gasteiger charge is -2.17. The molecule has 66 valence electrons. The van der Waals surface area contributed by atoms with Crippen molar-refractivity contribution < 1.29 is 0 Å². The van der Waals surface area contributed by atoms with E-state index in [0.717, 1.165) is 18.7 Å². The smallest absolute Gasteiger partial charge is 0.0550 e. The van der Waals surface area contributed by atoms with E-state index in [0.29, 0.717) is 0 Å². The quantitative estimate of drug-likeness (QED) is 0.715. The molecule has 1 aromatic heterocycles. The van der Waals surface area contributed by atoms with Crippen LogP contribution in [0, 0.1) is 0 Å². The third-order valence-corrected chi connectivity index (χ3v) is 2.05. The summed E-state index contributed by atoms with van der Waals surface area (Å²) in [6.07, 6.45) is 4.77. The molecule has 1 heterocycles. The fourth-order valence-corrected chi connectivity index (χ4v) is 1.16. The number of rotatable bonds is 4. The van der Waals surface area contributed by atoms with Crippen molar-refractivity contribution in [3.05, 3.63) is 24.5 Å². The van der Waals surface area contributed by atoms with Crippen LogP contribution in [0.25, 0.3) is 0 Å². The number of hydrogen-bond acceptors (Lipinski definition) is 3. The molecule has 1 aromatic rings. The summed E-state index contributed by atoms with van der Waals surface area (Å²) in [6.45, 7) is 1.04. The lowest BCUT2D eigenvalue weighted by Crippen LogP contribution is -2.18. The number of thiol groups is 1. The average Bonchev–Trinajstić information content (AvgIpc) is 2.15. The molecule has 0 saturated carbocycles. The van der Waals surface area contributed by atoms with Crippen molar-refractivity contribution in [3.8, 4) is 0 Å². The largest absolute Gasteiger partial charge is 0.373 e. The van der Waals surface area contributed by atoms with Crippen LogP contribution >= 0.6 is 12.6 Å². The predicted octanol–water partition coefficient (Wildman–Crippen LogP) is 1.84. The van der Waals surface area contributed by atoms with Gasteiger partial charge in [-0.25, -0.2) is 0 Å². The second-order valence-electron chi connectivity index (χ2n) is 2.71. The van der Waals surface area contributed by atoms with Crippen LogP contribution in [0.5, 0.6) is 0 Å². The highest BCUT2D eigenvalue weighted by Gasteiger charge is 1.97. The zero-order valence-corrected chi connectivity index (χ0v) is 8.17. The van der Waals surface area contributed by atoms with Gasteiger partial charge in [-0.2, -0.15) is 12.6 Å². The molecule has 0 radical (unpaired) electrons. The molecule has 0 aliphatic carbocycles. The first-order valence-corrected chi connectivity index (χ1v) is 4.70. The van der Waals surface area contributed by atoms with Crippen LogP contribution < -0.4 is 4.90 Å². The van der Waals surface area contributed by atoms with Gasteiger partial charge in [-0.1, -0.05) is 0 Å². The van der Waals surface area contributed by atoms with Gasteiger partial charge >= 0.3 is 0 Å². The summed E-state index contributed by atoms with van der Waals surface area (Å²) in [7, 11) is 2.07. The van der Waals surface area contributed by atoms with Crippen molar-refractivity contribution in [1.82, 2.24) is 4.98 Å². The summed E-state index contributed by atoms with van der Waals surface area (Å²) in [5.41, 5.74) is 1.17. The fraction of sp³-hybridized carbons (Fsp3) is 0.444. The molecular formula is C9H14N2S. The van der Waals surface area contributed by atoms with Gasteiger partial charge in [-0.15, -0.1) is 0 Å².